The van der Waals surface area contributed by atoms with Crippen LogP contribution in [0.3, 0.4) is 0 Å². The van der Waals surface area contributed by atoms with Gasteiger partial charge in [-0.1, -0.05) is 41.4 Å². The first-order valence-corrected chi connectivity index (χ1v) is 5.95. The molecule has 1 aromatic carbocycles. The Morgan fingerprint density at radius 2 is 1.88 bits per heavy atom. The molecule has 2 rings (SSSR count). The maximum atomic E-state index is 10.0. The van der Waals surface area contributed by atoms with Gasteiger partial charge in [0.1, 0.15) is 0 Å². The van der Waals surface area contributed by atoms with Crippen molar-refractivity contribution < 1.29 is 5.11 Å². The summed E-state index contributed by atoms with van der Waals surface area (Å²) in [6.07, 6.45) is 1.29. The Labute approximate surface area is 110 Å². The van der Waals surface area contributed by atoms with Crippen LogP contribution < -0.4 is 0 Å². The standard InChI is InChI=1S/C13H11Cl2NO/c14-10-5-6-12(16-8-10)13(17)7-9-3-1-2-4-11(9)15/h1-6,8,13,17H,7H2. The third kappa shape index (κ3) is 3.19. The molecule has 0 saturated heterocycles. The number of aliphatic hydroxyl groups excluding tert-OH is 1. The summed E-state index contributed by atoms with van der Waals surface area (Å²) in [5, 5.41) is 11.2. The highest BCUT2D eigenvalue weighted by molar-refractivity contribution is 6.31. The molecule has 88 valence electrons. The number of pyridine rings is 1. The van der Waals surface area contributed by atoms with Gasteiger partial charge in [-0.25, -0.2) is 0 Å². The van der Waals surface area contributed by atoms with Crippen LogP contribution in [0.25, 0.3) is 0 Å². The maximum absolute atomic E-state index is 10.0. The zero-order valence-corrected chi connectivity index (χ0v) is 10.5. The van der Waals surface area contributed by atoms with E-state index < -0.39 is 6.10 Å². The van der Waals surface area contributed by atoms with Crippen LogP contribution in [-0.4, -0.2) is 10.1 Å². The summed E-state index contributed by atoms with van der Waals surface area (Å²) < 4.78 is 0. The SMILES string of the molecule is OC(Cc1ccccc1Cl)c1ccc(Cl)cn1. The topological polar surface area (TPSA) is 33.1 Å². The summed E-state index contributed by atoms with van der Waals surface area (Å²) in [5.41, 5.74) is 1.49. The van der Waals surface area contributed by atoms with Crippen LogP contribution in [-0.2, 0) is 6.42 Å². The molecule has 4 heteroatoms. The summed E-state index contributed by atoms with van der Waals surface area (Å²) in [6, 6.07) is 10.9. The van der Waals surface area contributed by atoms with Gasteiger partial charge in [0.15, 0.2) is 0 Å². The molecule has 2 aromatic rings. The lowest BCUT2D eigenvalue weighted by molar-refractivity contribution is 0.173. The minimum Gasteiger partial charge on any atom is -0.386 e. The van der Waals surface area contributed by atoms with E-state index in [0.29, 0.717) is 22.2 Å². The van der Waals surface area contributed by atoms with Crippen LogP contribution in [0.1, 0.15) is 17.4 Å². The normalized spacial score (nSPS) is 12.4. The monoisotopic (exact) mass is 267 g/mol. The van der Waals surface area contributed by atoms with Crippen LogP contribution in [0.4, 0.5) is 0 Å². The lowest BCUT2D eigenvalue weighted by Gasteiger charge is -2.11. The van der Waals surface area contributed by atoms with Crippen LogP contribution in [0.5, 0.6) is 0 Å². The van der Waals surface area contributed by atoms with Gasteiger partial charge in [0.05, 0.1) is 16.8 Å². The van der Waals surface area contributed by atoms with E-state index in [9.17, 15) is 5.11 Å². The van der Waals surface area contributed by atoms with Crippen molar-refractivity contribution in [3.8, 4) is 0 Å². The van der Waals surface area contributed by atoms with Gasteiger partial charge in [-0.3, -0.25) is 4.98 Å². The largest absolute Gasteiger partial charge is 0.386 e. The van der Waals surface area contributed by atoms with Crippen molar-refractivity contribution >= 4 is 23.2 Å². The first-order chi connectivity index (χ1) is 8.16. The Bertz CT molecular complexity index is 499. The van der Waals surface area contributed by atoms with Crippen LogP contribution in [0.15, 0.2) is 42.6 Å². The number of benzene rings is 1. The fourth-order valence-electron chi connectivity index (χ4n) is 1.56. The Morgan fingerprint density at radius 3 is 2.53 bits per heavy atom. The molecule has 1 atom stereocenters. The van der Waals surface area contributed by atoms with E-state index in [0.717, 1.165) is 5.56 Å². The fraction of sp³-hybridized carbons (Fsp3) is 0.154. The minimum atomic E-state index is -0.674. The molecule has 0 radical (unpaired) electrons. The smallest absolute Gasteiger partial charge is 0.1000 e. The molecule has 0 aliphatic rings. The van der Waals surface area contributed by atoms with Gasteiger partial charge >= 0.3 is 0 Å². The van der Waals surface area contributed by atoms with Crippen molar-refractivity contribution in [2.45, 2.75) is 12.5 Å². The predicted octanol–water partition coefficient (Wildman–Crippen LogP) is 3.66. The highest BCUT2D eigenvalue weighted by Gasteiger charge is 2.11. The van der Waals surface area contributed by atoms with E-state index in [2.05, 4.69) is 4.98 Å². The first kappa shape index (κ1) is 12.4. The van der Waals surface area contributed by atoms with Crippen molar-refractivity contribution in [3.63, 3.8) is 0 Å². The second kappa shape index (κ2) is 5.50. The van der Waals surface area contributed by atoms with E-state index in [1.54, 1.807) is 18.2 Å². The molecule has 0 fully saturated rings. The number of aromatic nitrogens is 1. The molecule has 0 saturated carbocycles. The third-order valence-corrected chi connectivity index (χ3v) is 3.06. The third-order valence-electron chi connectivity index (χ3n) is 2.46. The van der Waals surface area contributed by atoms with E-state index in [4.69, 9.17) is 23.2 Å². The minimum absolute atomic E-state index is 0.439. The summed E-state index contributed by atoms with van der Waals surface area (Å²) in [7, 11) is 0. The van der Waals surface area contributed by atoms with Crippen LogP contribution >= 0.6 is 23.2 Å². The molecule has 1 heterocycles. The van der Waals surface area contributed by atoms with Gasteiger partial charge in [-0.2, -0.15) is 0 Å². The Kier molecular flexibility index (Phi) is 4.00. The van der Waals surface area contributed by atoms with Crippen molar-refractivity contribution in [2.24, 2.45) is 0 Å². The molecule has 1 unspecified atom stereocenters. The number of aliphatic hydroxyl groups is 1. The Balaban J connectivity index is 2.14. The molecule has 0 aliphatic heterocycles. The maximum Gasteiger partial charge on any atom is 0.1000 e. The molecular weight excluding hydrogens is 257 g/mol. The van der Waals surface area contributed by atoms with Crippen molar-refractivity contribution in [1.82, 2.24) is 4.98 Å². The molecular formula is C13H11Cl2NO. The fourth-order valence-corrected chi connectivity index (χ4v) is 1.89. The zero-order valence-electron chi connectivity index (χ0n) is 8.98. The first-order valence-electron chi connectivity index (χ1n) is 5.20. The number of hydrogen-bond acceptors (Lipinski definition) is 2. The Morgan fingerprint density at radius 1 is 1.12 bits per heavy atom. The molecule has 2 nitrogen and oxygen atoms in total. The van der Waals surface area contributed by atoms with Gasteiger partial charge in [0.25, 0.3) is 0 Å². The molecule has 0 aliphatic carbocycles. The van der Waals surface area contributed by atoms with Crippen molar-refractivity contribution in [1.29, 1.82) is 0 Å². The molecule has 0 bridgehead atoms. The quantitative estimate of drug-likeness (QED) is 0.921. The summed E-state index contributed by atoms with van der Waals surface area (Å²) >= 11 is 11.8. The van der Waals surface area contributed by atoms with E-state index in [1.807, 2.05) is 18.2 Å². The van der Waals surface area contributed by atoms with Crippen molar-refractivity contribution in [2.75, 3.05) is 0 Å². The summed E-state index contributed by atoms with van der Waals surface area (Å²) in [6.45, 7) is 0. The highest BCUT2D eigenvalue weighted by atomic mass is 35.5. The zero-order chi connectivity index (χ0) is 12.3. The molecule has 17 heavy (non-hydrogen) atoms. The molecule has 1 N–H and O–H groups in total. The van der Waals surface area contributed by atoms with Gasteiger partial charge < -0.3 is 5.11 Å². The number of hydrogen-bond donors (Lipinski definition) is 1. The lowest BCUT2D eigenvalue weighted by atomic mass is 10.1. The van der Waals surface area contributed by atoms with Gasteiger partial charge in [0.2, 0.25) is 0 Å². The lowest BCUT2D eigenvalue weighted by Crippen LogP contribution is -2.04. The van der Waals surface area contributed by atoms with E-state index in [1.165, 1.54) is 6.20 Å². The molecule has 0 amide bonds. The average Bonchev–Trinajstić information content (AvgIpc) is 2.33. The number of rotatable bonds is 3. The van der Waals surface area contributed by atoms with E-state index >= 15 is 0 Å². The second-order valence-electron chi connectivity index (χ2n) is 3.71. The second-order valence-corrected chi connectivity index (χ2v) is 4.56. The number of nitrogens with zero attached hydrogens (tertiary/aromatic N) is 1. The van der Waals surface area contributed by atoms with Crippen LogP contribution in [0, 0.1) is 0 Å². The highest BCUT2D eigenvalue weighted by Crippen LogP contribution is 2.22. The number of halogens is 2. The summed E-state index contributed by atoms with van der Waals surface area (Å²) in [4.78, 5) is 4.08. The Hall–Kier alpha value is -1.09. The van der Waals surface area contributed by atoms with Gasteiger partial charge in [-0.15, -0.1) is 0 Å². The molecule has 1 aromatic heterocycles. The van der Waals surface area contributed by atoms with Gasteiger partial charge in [-0.05, 0) is 23.8 Å². The van der Waals surface area contributed by atoms with Gasteiger partial charge in [0, 0.05) is 17.6 Å². The van der Waals surface area contributed by atoms with E-state index in [-0.39, 0.29) is 0 Å². The predicted molar refractivity (Wildman–Crippen MR) is 69.4 cm³/mol. The van der Waals surface area contributed by atoms with Crippen LogP contribution in [0.2, 0.25) is 10.0 Å². The van der Waals surface area contributed by atoms with Crippen molar-refractivity contribution in [3.05, 3.63) is 63.9 Å². The summed E-state index contributed by atoms with van der Waals surface area (Å²) in [5.74, 6) is 0. The molecule has 0 spiro atoms. The average molecular weight is 268 g/mol.